The molecule has 0 aliphatic heterocycles. The van der Waals surface area contributed by atoms with E-state index in [0.717, 1.165) is 0 Å². The van der Waals surface area contributed by atoms with E-state index < -0.39 is 5.91 Å². The van der Waals surface area contributed by atoms with Crippen molar-refractivity contribution >= 4 is 29.1 Å². The fraction of sp³-hybridized carbons (Fsp3) is 0.333. The number of nitrogen functional groups attached to an aromatic ring is 1. The summed E-state index contributed by atoms with van der Waals surface area (Å²) >= 11 is 5.81. The summed E-state index contributed by atoms with van der Waals surface area (Å²) in [5, 5.41) is 5.46. The number of hydrogen-bond acceptors (Lipinski definition) is 3. The van der Waals surface area contributed by atoms with Crippen molar-refractivity contribution in [1.29, 1.82) is 0 Å². The van der Waals surface area contributed by atoms with Gasteiger partial charge in [0.05, 0.1) is 22.8 Å². The van der Waals surface area contributed by atoms with Crippen molar-refractivity contribution in [1.82, 2.24) is 10.6 Å². The van der Waals surface area contributed by atoms with Crippen molar-refractivity contribution < 1.29 is 9.59 Å². The molecule has 0 saturated heterocycles. The molecule has 0 atom stereocenters. The van der Waals surface area contributed by atoms with Crippen LogP contribution >= 0.6 is 11.6 Å². The maximum absolute atomic E-state index is 11.8. The van der Waals surface area contributed by atoms with Crippen LogP contribution in [0, 0.1) is 0 Å². The average Bonchev–Trinajstić information content (AvgIpc) is 2.29. The van der Waals surface area contributed by atoms with Gasteiger partial charge in [-0.15, -0.1) is 0 Å². The lowest BCUT2D eigenvalue weighted by molar-refractivity contribution is -0.120. The van der Waals surface area contributed by atoms with Gasteiger partial charge in [-0.25, -0.2) is 0 Å². The number of carbonyl (C=O) groups is 2. The van der Waals surface area contributed by atoms with E-state index in [2.05, 4.69) is 10.6 Å². The maximum atomic E-state index is 11.8. The third-order valence-electron chi connectivity index (χ3n) is 2.16. The van der Waals surface area contributed by atoms with Gasteiger partial charge in [0.1, 0.15) is 0 Å². The first-order chi connectivity index (χ1) is 8.41. The lowest BCUT2D eigenvalue weighted by atomic mass is 10.1. The largest absolute Gasteiger partial charge is 0.397 e. The third-order valence-corrected chi connectivity index (χ3v) is 2.49. The Hall–Kier alpha value is -1.75. The van der Waals surface area contributed by atoms with Gasteiger partial charge in [0, 0.05) is 6.04 Å². The Morgan fingerprint density at radius 1 is 1.39 bits per heavy atom. The Bertz CT molecular complexity index is 461. The molecule has 0 fully saturated rings. The lowest BCUT2D eigenvalue weighted by Crippen LogP contribution is -2.39. The van der Waals surface area contributed by atoms with E-state index >= 15 is 0 Å². The number of nitrogens with two attached hydrogens (primary N) is 1. The zero-order chi connectivity index (χ0) is 13.7. The van der Waals surface area contributed by atoms with Gasteiger partial charge in [-0.3, -0.25) is 9.59 Å². The minimum Gasteiger partial charge on any atom is -0.397 e. The van der Waals surface area contributed by atoms with Crippen LogP contribution < -0.4 is 16.4 Å². The van der Waals surface area contributed by atoms with E-state index in [9.17, 15) is 9.59 Å². The molecule has 1 aromatic rings. The summed E-state index contributed by atoms with van der Waals surface area (Å²) in [6.07, 6.45) is 0. The molecule has 0 radical (unpaired) electrons. The summed E-state index contributed by atoms with van der Waals surface area (Å²) < 4.78 is 0. The minimum atomic E-state index is -0.422. The summed E-state index contributed by atoms with van der Waals surface area (Å²) in [7, 11) is 0. The Balaban J connectivity index is 2.61. The van der Waals surface area contributed by atoms with Crippen molar-refractivity contribution in [3.63, 3.8) is 0 Å². The van der Waals surface area contributed by atoms with Gasteiger partial charge in [-0.1, -0.05) is 17.7 Å². The fourth-order valence-electron chi connectivity index (χ4n) is 1.36. The molecular weight excluding hydrogens is 254 g/mol. The number of benzene rings is 1. The van der Waals surface area contributed by atoms with Crippen molar-refractivity contribution in [3.05, 3.63) is 28.8 Å². The molecule has 2 amide bonds. The number of carbonyl (C=O) groups excluding carboxylic acids is 2. The van der Waals surface area contributed by atoms with Crippen LogP contribution in [0.4, 0.5) is 5.69 Å². The van der Waals surface area contributed by atoms with Crippen molar-refractivity contribution in [3.8, 4) is 0 Å². The van der Waals surface area contributed by atoms with Crippen LogP contribution in [0.3, 0.4) is 0 Å². The van der Waals surface area contributed by atoms with Gasteiger partial charge in [0.25, 0.3) is 5.91 Å². The first-order valence-electron chi connectivity index (χ1n) is 5.53. The topological polar surface area (TPSA) is 84.2 Å². The smallest absolute Gasteiger partial charge is 0.253 e. The molecule has 18 heavy (non-hydrogen) atoms. The Morgan fingerprint density at radius 2 is 2.06 bits per heavy atom. The summed E-state index contributed by atoms with van der Waals surface area (Å²) in [5.74, 6) is -0.673. The molecule has 0 aromatic heterocycles. The van der Waals surface area contributed by atoms with E-state index in [1.807, 2.05) is 13.8 Å². The van der Waals surface area contributed by atoms with Crippen LogP contribution in [-0.4, -0.2) is 24.4 Å². The zero-order valence-electron chi connectivity index (χ0n) is 10.3. The lowest BCUT2D eigenvalue weighted by Gasteiger charge is -2.10. The molecule has 0 spiro atoms. The predicted molar refractivity (Wildman–Crippen MR) is 71.5 cm³/mol. The summed E-state index contributed by atoms with van der Waals surface area (Å²) in [6.45, 7) is 3.59. The molecule has 0 aliphatic carbocycles. The van der Waals surface area contributed by atoms with Gasteiger partial charge in [0.2, 0.25) is 5.91 Å². The summed E-state index contributed by atoms with van der Waals surface area (Å²) in [6, 6.07) is 4.81. The number of amides is 2. The molecule has 0 saturated carbocycles. The molecule has 0 aliphatic rings. The van der Waals surface area contributed by atoms with Crippen LogP contribution in [0.5, 0.6) is 0 Å². The first kappa shape index (κ1) is 14.3. The minimum absolute atomic E-state index is 0.0330. The third kappa shape index (κ3) is 3.92. The van der Waals surface area contributed by atoms with E-state index in [4.69, 9.17) is 17.3 Å². The molecule has 0 heterocycles. The second-order valence-corrected chi connectivity index (χ2v) is 4.51. The van der Waals surface area contributed by atoms with E-state index in [1.54, 1.807) is 18.2 Å². The van der Waals surface area contributed by atoms with Crippen LogP contribution in [0.2, 0.25) is 5.02 Å². The highest BCUT2D eigenvalue weighted by Crippen LogP contribution is 2.21. The number of anilines is 1. The second kappa shape index (κ2) is 6.26. The Kier molecular flexibility index (Phi) is 4.97. The molecule has 5 nitrogen and oxygen atoms in total. The second-order valence-electron chi connectivity index (χ2n) is 4.11. The van der Waals surface area contributed by atoms with Gasteiger partial charge in [0.15, 0.2) is 0 Å². The number of halogens is 1. The molecule has 6 heteroatoms. The number of hydrogen-bond donors (Lipinski definition) is 3. The van der Waals surface area contributed by atoms with E-state index in [-0.39, 0.29) is 29.7 Å². The first-order valence-corrected chi connectivity index (χ1v) is 5.91. The molecule has 0 unspecified atom stereocenters. The number of rotatable bonds is 4. The Labute approximate surface area is 111 Å². The molecule has 98 valence electrons. The normalized spacial score (nSPS) is 10.2. The van der Waals surface area contributed by atoms with Crippen molar-refractivity contribution in [2.45, 2.75) is 19.9 Å². The predicted octanol–water partition coefficient (Wildman–Crippen LogP) is 1.18. The standard InChI is InChI=1S/C12H16ClN3O2/c1-7(2)16-10(17)6-15-12(18)8-4-3-5-9(13)11(8)14/h3-5,7H,6,14H2,1-2H3,(H,15,18)(H,16,17). The molecule has 4 N–H and O–H groups in total. The summed E-state index contributed by atoms with van der Waals surface area (Å²) in [5.41, 5.74) is 6.15. The summed E-state index contributed by atoms with van der Waals surface area (Å²) in [4.78, 5) is 23.1. The zero-order valence-corrected chi connectivity index (χ0v) is 11.0. The number of para-hydroxylation sites is 1. The van der Waals surface area contributed by atoms with Gasteiger partial charge in [-0.05, 0) is 26.0 Å². The van der Waals surface area contributed by atoms with Crippen LogP contribution in [0.1, 0.15) is 24.2 Å². The molecule has 0 bridgehead atoms. The van der Waals surface area contributed by atoms with Gasteiger partial charge in [-0.2, -0.15) is 0 Å². The van der Waals surface area contributed by atoms with Crippen LogP contribution in [0.15, 0.2) is 18.2 Å². The highest BCUT2D eigenvalue weighted by atomic mass is 35.5. The highest BCUT2D eigenvalue weighted by molar-refractivity contribution is 6.33. The SMILES string of the molecule is CC(C)NC(=O)CNC(=O)c1cccc(Cl)c1N. The van der Waals surface area contributed by atoms with Gasteiger partial charge < -0.3 is 16.4 Å². The number of nitrogens with one attached hydrogen (secondary N) is 2. The molecule has 1 rings (SSSR count). The van der Waals surface area contributed by atoms with Crippen LogP contribution in [-0.2, 0) is 4.79 Å². The van der Waals surface area contributed by atoms with E-state index in [0.29, 0.717) is 5.02 Å². The Morgan fingerprint density at radius 3 is 2.67 bits per heavy atom. The highest BCUT2D eigenvalue weighted by Gasteiger charge is 2.12. The van der Waals surface area contributed by atoms with E-state index in [1.165, 1.54) is 0 Å². The molecule has 1 aromatic carbocycles. The van der Waals surface area contributed by atoms with Crippen molar-refractivity contribution in [2.24, 2.45) is 0 Å². The molecular formula is C12H16ClN3O2. The quantitative estimate of drug-likeness (QED) is 0.718. The fourth-order valence-corrected chi connectivity index (χ4v) is 1.54. The maximum Gasteiger partial charge on any atom is 0.253 e. The van der Waals surface area contributed by atoms with Crippen molar-refractivity contribution in [2.75, 3.05) is 12.3 Å². The monoisotopic (exact) mass is 269 g/mol. The van der Waals surface area contributed by atoms with Crippen LogP contribution in [0.25, 0.3) is 0 Å². The average molecular weight is 270 g/mol. The van der Waals surface area contributed by atoms with Gasteiger partial charge >= 0.3 is 0 Å².